The number of furan rings is 1. The van der Waals surface area contributed by atoms with Crippen LogP contribution < -0.4 is 4.90 Å². The van der Waals surface area contributed by atoms with Gasteiger partial charge in [0.25, 0.3) is 5.91 Å². The van der Waals surface area contributed by atoms with Crippen LogP contribution in [0.15, 0.2) is 56.7 Å². The van der Waals surface area contributed by atoms with Crippen LogP contribution in [0.25, 0.3) is 0 Å². The largest absolute Gasteiger partial charge is 0.503 e. The Morgan fingerprint density at radius 2 is 2.03 bits per heavy atom. The molecule has 0 saturated heterocycles. The zero-order valence-electron chi connectivity index (χ0n) is 18.7. The number of halogens is 2. The van der Waals surface area contributed by atoms with Crippen molar-refractivity contribution in [3.63, 3.8) is 0 Å². The monoisotopic (exact) mass is 578 g/mol. The van der Waals surface area contributed by atoms with Gasteiger partial charge in [-0.3, -0.25) is 14.5 Å². The van der Waals surface area contributed by atoms with Crippen molar-refractivity contribution in [1.29, 1.82) is 0 Å². The van der Waals surface area contributed by atoms with Crippen LogP contribution in [0.2, 0.25) is 10.0 Å². The van der Waals surface area contributed by atoms with E-state index in [0.29, 0.717) is 41.5 Å². The second-order valence-electron chi connectivity index (χ2n) is 7.71. The number of rotatable bonds is 7. The molecule has 4 heterocycles. The highest BCUT2D eigenvalue weighted by Crippen LogP contribution is 2.44. The van der Waals surface area contributed by atoms with Crippen LogP contribution in [-0.2, 0) is 10.5 Å². The van der Waals surface area contributed by atoms with E-state index in [2.05, 4.69) is 15.2 Å². The van der Waals surface area contributed by atoms with Gasteiger partial charge in [-0.05, 0) is 43.7 Å². The molecule has 1 aliphatic rings. The van der Waals surface area contributed by atoms with Crippen molar-refractivity contribution in [2.45, 2.75) is 30.0 Å². The Hall–Kier alpha value is -2.70. The summed E-state index contributed by atoms with van der Waals surface area (Å²) in [5, 5.41) is 21.2. The summed E-state index contributed by atoms with van der Waals surface area (Å²) in [6.45, 7) is 3.50. The Kier molecular flexibility index (Phi) is 6.92. The van der Waals surface area contributed by atoms with E-state index >= 15 is 0 Å². The lowest BCUT2D eigenvalue weighted by atomic mass is 10.00. The fourth-order valence-corrected chi connectivity index (χ4v) is 7.05. The van der Waals surface area contributed by atoms with Crippen molar-refractivity contribution in [2.75, 3.05) is 4.90 Å². The highest BCUT2D eigenvalue weighted by Gasteiger charge is 2.48. The average Bonchev–Trinajstić information content (AvgIpc) is 3.61. The van der Waals surface area contributed by atoms with E-state index in [0.717, 1.165) is 16.9 Å². The highest BCUT2D eigenvalue weighted by molar-refractivity contribution is 8.00. The molecule has 5 rings (SSSR count). The summed E-state index contributed by atoms with van der Waals surface area (Å²) in [5.74, 6) is -1.06. The van der Waals surface area contributed by atoms with Crippen LogP contribution >= 0.6 is 57.6 Å². The fourth-order valence-electron chi connectivity index (χ4n) is 3.75. The topological polar surface area (TPSA) is 109 Å². The van der Waals surface area contributed by atoms with Crippen molar-refractivity contribution in [2.24, 2.45) is 0 Å². The zero-order chi connectivity index (χ0) is 25.6. The van der Waals surface area contributed by atoms with Gasteiger partial charge in [-0.25, -0.2) is 4.98 Å². The van der Waals surface area contributed by atoms with Crippen molar-refractivity contribution in [3.8, 4) is 0 Å². The number of thioether (sulfide) groups is 1. The molecule has 1 aliphatic heterocycles. The number of hydrogen-bond donors (Lipinski definition) is 1. The summed E-state index contributed by atoms with van der Waals surface area (Å²) >= 11 is 16.0. The molecule has 0 aliphatic carbocycles. The number of aliphatic hydroxyl groups excluding tert-OH is 1. The van der Waals surface area contributed by atoms with Gasteiger partial charge < -0.3 is 9.52 Å². The number of thiazole rings is 1. The van der Waals surface area contributed by atoms with Gasteiger partial charge in [0.15, 0.2) is 10.1 Å². The van der Waals surface area contributed by atoms with E-state index in [1.807, 2.05) is 6.07 Å². The molecule has 13 heteroatoms. The summed E-state index contributed by atoms with van der Waals surface area (Å²) in [6.07, 6.45) is 1.44. The molecule has 0 fully saturated rings. The summed E-state index contributed by atoms with van der Waals surface area (Å²) in [5.41, 5.74) is 1.32. The summed E-state index contributed by atoms with van der Waals surface area (Å²) < 4.78 is 6.15. The molecular weight excluding hydrogens is 563 g/mol. The molecule has 0 radical (unpaired) electrons. The maximum Gasteiger partial charge on any atom is 0.296 e. The summed E-state index contributed by atoms with van der Waals surface area (Å²) in [4.78, 5) is 32.6. The van der Waals surface area contributed by atoms with E-state index in [-0.39, 0.29) is 10.7 Å². The molecule has 3 aromatic heterocycles. The van der Waals surface area contributed by atoms with E-state index in [4.69, 9.17) is 27.6 Å². The smallest absolute Gasteiger partial charge is 0.296 e. The van der Waals surface area contributed by atoms with Crippen molar-refractivity contribution < 1.29 is 19.1 Å². The minimum Gasteiger partial charge on any atom is -0.503 e. The van der Waals surface area contributed by atoms with E-state index in [9.17, 15) is 14.7 Å². The Morgan fingerprint density at radius 3 is 2.69 bits per heavy atom. The third-order valence-corrected chi connectivity index (χ3v) is 9.11. The highest BCUT2D eigenvalue weighted by atomic mass is 35.5. The number of carbonyl (C=O) groups is 2. The van der Waals surface area contributed by atoms with E-state index in [1.165, 1.54) is 34.3 Å². The Labute approximate surface area is 227 Å². The maximum absolute atomic E-state index is 13.5. The first-order chi connectivity index (χ1) is 17.2. The van der Waals surface area contributed by atoms with Crippen LogP contribution in [0.1, 0.15) is 37.7 Å². The molecule has 1 unspecified atom stereocenters. The van der Waals surface area contributed by atoms with Crippen molar-refractivity contribution in [1.82, 2.24) is 15.2 Å². The number of hydrogen-bond acceptors (Lipinski definition) is 10. The second kappa shape index (κ2) is 9.98. The van der Waals surface area contributed by atoms with Crippen molar-refractivity contribution >= 4 is 74.5 Å². The van der Waals surface area contributed by atoms with E-state index < -0.39 is 23.5 Å². The number of anilines is 1. The minimum atomic E-state index is -1.00. The van der Waals surface area contributed by atoms with Crippen LogP contribution in [0.5, 0.6) is 0 Å². The number of aryl methyl sites for hydroxylation is 2. The normalized spacial score (nSPS) is 15.8. The van der Waals surface area contributed by atoms with Gasteiger partial charge in [-0.2, -0.15) is 0 Å². The summed E-state index contributed by atoms with van der Waals surface area (Å²) in [7, 11) is 0. The Bertz CT molecular complexity index is 1510. The summed E-state index contributed by atoms with van der Waals surface area (Å²) in [6, 6.07) is 7.54. The second-order valence-corrected chi connectivity index (χ2v) is 11.9. The molecule has 1 atom stereocenters. The lowest BCUT2D eigenvalue weighted by Crippen LogP contribution is -2.30. The molecule has 1 aromatic carbocycles. The van der Waals surface area contributed by atoms with Gasteiger partial charge in [0.1, 0.15) is 11.8 Å². The quantitative estimate of drug-likeness (QED) is 0.148. The number of aliphatic hydroxyl groups is 1. The minimum absolute atomic E-state index is 0.0842. The molecule has 1 amide bonds. The van der Waals surface area contributed by atoms with Gasteiger partial charge in [-0.1, -0.05) is 52.4 Å². The third-order valence-electron chi connectivity index (χ3n) is 5.34. The Balaban J connectivity index is 1.46. The van der Waals surface area contributed by atoms with Crippen LogP contribution in [0, 0.1) is 13.8 Å². The molecule has 0 bridgehead atoms. The lowest BCUT2D eigenvalue weighted by molar-refractivity contribution is -0.117. The predicted molar refractivity (Wildman–Crippen MR) is 140 cm³/mol. The van der Waals surface area contributed by atoms with Gasteiger partial charge >= 0.3 is 0 Å². The van der Waals surface area contributed by atoms with Gasteiger partial charge in [0.2, 0.25) is 10.9 Å². The number of aromatic nitrogens is 3. The zero-order valence-corrected chi connectivity index (χ0v) is 22.7. The number of ketones is 1. The number of nitrogens with zero attached hydrogens (tertiary/aromatic N) is 4. The van der Waals surface area contributed by atoms with Crippen molar-refractivity contribution in [3.05, 3.63) is 84.9 Å². The molecule has 0 saturated carbocycles. The SMILES string of the molecule is Cc1nc(C)c(C(=O)C2=C(O)C(=O)N(c3nnc(SCc4ccc(Cl)cc4Cl)s3)C2c2ccco2)s1. The fraction of sp³-hybridized carbons (Fsp3) is 0.174. The standard InChI is InChI=1S/C23H16Cl2N4O4S3/c1-10-20(35-11(2)26-10)18(30)16-17(15-4-3-7-33-15)29(21(32)19(16)31)22-27-28-23(36-22)34-9-12-5-6-13(24)8-14(12)25/h3-8,17,31H,9H2,1-2H3. The number of carbonyl (C=O) groups excluding carboxylic acids is 2. The maximum atomic E-state index is 13.5. The molecular formula is C23H16Cl2N4O4S3. The molecule has 36 heavy (non-hydrogen) atoms. The molecule has 1 N–H and O–H groups in total. The van der Waals surface area contributed by atoms with Crippen LogP contribution in [0.4, 0.5) is 5.13 Å². The van der Waals surface area contributed by atoms with Crippen LogP contribution in [0.3, 0.4) is 0 Å². The molecule has 0 spiro atoms. The number of Topliss-reactive ketones (excluding diaryl/α,β-unsaturated/α-hetero) is 1. The number of amides is 1. The van der Waals surface area contributed by atoms with Gasteiger partial charge in [-0.15, -0.1) is 21.5 Å². The first-order valence-electron chi connectivity index (χ1n) is 10.4. The van der Waals surface area contributed by atoms with Crippen LogP contribution in [-0.4, -0.2) is 32.0 Å². The van der Waals surface area contributed by atoms with E-state index in [1.54, 1.807) is 38.1 Å². The Morgan fingerprint density at radius 1 is 1.22 bits per heavy atom. The average molecular weight is 580 g/mol. The third kappa shape index (κ3) is 4.57. The number of benzene rings is 1. The molecule has 8 nitrogen and oxygen atoms in total. The van der Waals surface area contributed by atoms with Gasteiger partial charge in [0.05, 0.1) is 27.4 Å². The molecule has 4 aromatic rings. The first kappa shape index (κ1) is 25.0. The predicted octanol–water partition coefficient (Wildman–Crippen LogP) is 6.59. The first-order valence-corrected chi connectivity index (χ1v) is 13.8. The lowest BCUT2D eigenvalue weighted by Gasteiger charge is -2.21. The molecule has 184 valence electrons. The van der Waals surface area contributed by atoms with Gasteiger partial charge in [0, 0.05) is 15.8 Å².